The molecule has 0 spiro atoms. The third-order valence-electron chi connectivity index (χ3n) is 2.35. The summed E-state index contributed by atoms with van der Waals surface area (Å²) in [6, 6.07) is 6.36. The van der Waals surface area contributed by atoms with Crippen LogP contribution in [0.25, 0.3) is 0 Å². The molecule has 0 saturated heterocycles. The molecule has 0 heterocycles. The Hall–Kier alpha value is -1.16. The summed E-state index contributed by atoms with van der Waals surface area (Å²) in [6.07, 6.45) is 3.01. The smallest absolute Gasteiger partial charge is 0.251 e. The molecular formula is C12H17NO2S. The maximum Gasteiger partial charge on any atom is 0.251 e. The second kappa shape index (κ2) is 6.43. The van der Waals surface area contributed by atoms with Gasteiger partial charge >= 0.3 is 0 Å². The minimum absolute atomic E-state index is 0.116. The molecular weight excluding hydrogens is 222 g/mol. The van der Waals surface area contributed by atoms with Crippen LogP contribution in [0.4, 0.5) is 0 Å². The SMILES string of the molecule is CSC(C)CCNC(=O)c1cccc(O)c1. The van der Waals surface area contributed by atoms with E-state index in [9.17, 15) is 9.90 Å². The zero-order chi connectivity index (χ0) is 12.0. The van der Waals surface area contributed by atoms with Gasteiger partial charge in [-0.2, -0.15) is 11.8 Å². The second-order valence-corrected chi connectivity index (χ2v) is 4.92. The molecule has 0 bridgehead atoms. The molecule has 0 fully saturated rings. The van der Waals surface area contributed by atoms with Gasteiger partial charge in [0.1, 0.15) is 5.75 Å². The van der Waals surface area contributed by atoms with Crippen LogP contribution >= 0.6 is 11.8 Å². The normalized spacial score (nSPS) is 12.1. The van der Waals surface area contributed by atoms with E-state index in [4.69, 9.17) is 0 Å². The van der Waals surface area contributed by atoms with Crippen LogP contribution in [0.3, 0.4) is 0 Å². The summed E-state index contributed by atoms with van der Waals surface area (Å²) in [7, 11) is 0. The van der Waals surface area contributed by atoms with E-state index in [1.165, 1.54) is 6.07 Å². The quantitative estimate of drug-likeness (QED) is 0.828. The molecule has 1 aromatic rings. The van der Waals surface area contributed by atoms with Crippen molar-refractivity contribution in [2.75, 3.05) is 12.8 Å². The third-order valence-corrected chi connectivity index (χ3v) is 3.39. The van der Waals surface area contributed by atoms with Crippen LogP contribution in [0, 0.1) is 0 Å². The van der Waals surface area contributed by atoms with Crippen molar-refractivity contribution in [3.63, 3.8) is 0 Å². The van der Waals surface area contributed by atoms with Crippen molar-refractivity contribution in [1.82, 2.24) is 5.32 Å². The molecule has 16 heavy (non-hydrogen) atoms. The first kappa shape index (κ1) is 12.9. The summed E-state index contributed by atoms with van der Waals surface area (Å²) >= 11 is 1.78. The molecule has 1 amide bonds. The Kier molecular flexibility index (Phi) is 5.19. The minimum atomic E-state index is -0.135. The average Bonchev–Trinajstić information content (AvgIpc) is 2.28. The van der Waals surface area contributed by atoms with Gasteiger partial charge in [0.25, 0.3) is 5.91 Å². The Labute approximate surface area is 100 Å². The van der Waals surface area contributed by atoms with E-state index in [2.05, 4.69) is 18.5 Å². The molecule has 2 N–H and O–H groups in total. The maximum atomic E-state index is 11.6. The number of phenolic OH excluding ortho intramolecular Hbond substituents is 1. The van der Waals surface area contributed by atoms with E-state index in [0.717, 1.165) is 6.42 Å². The molecule has 0 aliphatic rings. The van der Waals surface area contributed by atoms with Crippen molar-refractivity contribution in [1.29, 1.82) is 0 Å². The highest BCUT2D eigenvalue weighted by atomic mass is 32.2. The Morgan fingerprint density at radius 3 is 2.94 bits per heavy atom. The monoisotopic (exact) mass is 239 g/mol. The van der Waals surface area contributed by atoms with E-state index in [1.807, 2.05) is 0 Å². The number of hydrogen-bond acceptors (Lipinski definition) is 3. The summed E-state index contributed by atoms with van der Waals surface area (Å²) in [6.45, 7) is 2.79. The van der Waals surface area contributed by atoms with E-state index in [-0.39, 0.29) is 11.7 Å². The van der Waals surface area contributed by atoms with Gasteiger partial charge in [0.2, 0.25) is 0 Å². The Bertz CT molecular complexity index is 355. The number of carbonyl (C=O) groups excluding carboxylic acids is 1. The van der Waals surface area contributed by atoms with E-state index < -0.39 is 0 Å². The van der Waals surface area contributed by atoms with Gasteiger partial charge in [-0.3, -0.25) is 4.79 Å². The molecule has 1 unspecified atom stereocenters. The van der Waals surface area contributed by atoms with Crippen LogP contribution in [-0.4, -0.2) is 29.1 Å². The van der Waals surface area contributed by atoms with Crippen LogP contribution in [-0.2, 0) is 0 Å². The molecule has 0 aromatic heterocycles. The topological polar surface area (TPSA) is 49.3 Å². The van der Waals surface area contributed by atoms with Gasteiger partial charge in [-0.15, -0.1) is 0 Å². The number of phenols is 1. The highest BCUT2D eigenvalue weighted by Gasteiger charge is 2.06. The van der Waals surface area contributed by atoms with E-state index in [1.54, 1.807) is 30.0 Å². The van der Waals surface area contributed by atoms with Crippen molar-refractivity contribution in [2.24, 2.45) is 0 Å². The molecule has 88 valence electrons. The summed E-state index contributed by atoms with van der Waals surface area (Å²) in [5.41, 5.74) is 0.497. The van der Waals surface area contributed by atoms with Crippen molar-refractivity contribution < 1.29 is 9.90 Å². The number of carbonyl (C=O) groups is 1. The summed E-state index contributed by atoms with van der Waals surface area (Å²) in [5, 5.41) is 12.6. The zero-order valence-corrected chi connectivity index (χ0v) is 10.4. The fourth-order valence-corrected chi connectivity index (χ4v) is 1.61. The number of thioether (sulfide) groups is 1. The standard InChI is InChI=1S/C12H17NO2S/c1-9(16-2)6-7-13-12(15)10-4-3-5-11(14)8-10/h3-5,8-9,14H,6-7H2,1-2H3,(H,13,15). The van der Waals surface area contributed by atoms with Gasteiger partial charge in [0, 0.05) is 17.4 Å². The van der Waals surface area contributed by atoms with Gasteiger partial charge in [0.15, 0.2) is 0 Å². The first-order chi connectivity index (χ1) is 7.63. The van der Waals surface area contributed by atoms with Crippen LogP contribution in [0.15, 0.2) is 24.3 Å². The Morgan fingerprint density at radius 1 is 1.56 bits per heavy atom. The van der Waals surface area contributed by atoms with Gasteiger partial charge in [-0.05, 0) is 30.9 Å². The van der Waals surface area contributed by atoms with Crippen molar-refractivity contribution in [3.8, 4) is 5.75 Å². The van der Waals surface area contributed by atoms with Gasteiger partial charge in [0.05, 0.1) is 0 Å². The van der Waals surface area contributed by atoms with Crippen LogP contribution in [0.1, 0.15) is 23.7 Å². The highest BCUT2D eigenvalue weighted by molar-refractivity contribution is 7.99. The molecule has 0 aliphatic carbocycles. The van der Waals surface area contributed by atoms with E-state index >= 15 is 0 Å². The minimum Gasteiger partial charge on any atom is -0.508 e. The fourth-order valence-electron chi connectivity index (χ4n) is 1.26. The van der Waals surface area contributed by atoms with Crippen LogP contribution in [0.5, 0.6) is 5.75 Å². The first-order valence-corrected chi connectivity index (χ1v) is 6.52. The van der Waals surface area contributed by atoms with Crippen molar-refractivity contribution in [2.45, 2.75) is 18.6 Å². The van der Waals surface area contributed by atoms with Crippen LogP contribution < -0.4 is 5.32 Å². The predicted molar refractivity (Wildman–Crippen MR) is 68.0 cm³/mol. The maximum absolute atomic E-state index is 11.6. The van der Waals surface area contributed by atoms with Gasteiger partial charge in [-0.1, -0.05) is 13.0 Å². The summed E-state index contributed by atoms with van der Waals surface area (Å²) < 4.78 is 0. The molecule has 4 heteroatoms. The molecule has 1 atom stereocenters. The van der Waals surface area contributed by atoms with Crippen molar-refractivity contribution >= 4 is 17.7 Å². The van der Waals surface area contributed by atoms with Gasteiger partial charge in [-0.25, -0.2) is 0 Å². The molecule has 1 aromatic carbocycles. The Morgan fingerprint density at radius 2 is 2.31 bits per heavy atom. The lowest BCUT2D eigenvalue weighted by molar-refractivity contribution is 0.0953. The molecule has 0 radical (unpaired) electrons. The van der Waals surface area contributed by atoms with Crippen LogP contribution in [0.2, 0.25) is 0 Å². The number of rotatable bonds is 5. The summed E-state index contributed by atoms with van der Waals surface area (Å²) in [4.78, 5) is 11.6. The largest absolute Gasteiger partial charge is 0.508 e. The number of amides is 1. The first-order valence-electron chi connectivity index (χ1n) is 5.23. The van der Waals surface area contributed by atoms with Gasteiger partial charge < -0.3 is 10.4 Å². The fraction of sp³-hybridized carbons (Fsp3) is 0.417. The Balaban J connectivity index is 2.41. The third kappa shape index (κ3) is 4.14. The highest BCUT2D eigenvalue weighted by Crippen LogP contribution is 2.11. The number of benzene rings is 1. The number of hydrogen-bond donors (Lipinski definition) is 2. The molecule has 1 rings (SSSR count). The molecule has 0 saturated carbocycles. The number of nitrogens with one attached hydrogen (secondary N) is 1. The second-order valence-electron chi connectivity index (χ2n) is 3.64. The number of aromatic hydroxyl groups is 1. The predicted octanol–water partition coefficient (Wildman–Crippen LogP) is 2.26. The van der Waals surface area contributed by atoms with E-state index in [0.29, 0.717) is 17.4 Å². The zero-order valence-electron chi connectivity index (χ0n) is 9.56. The summed E-state index contributed by atoms with van der Waals surface area (Å²) in [5.74, 6) is -0.0191. The molecule has 0 aliphatic heterocycles. The lowest BCUT2D eigenvalue weighted by atomic mass is 10.2. The average molecular weight is 239 g/mol. The van der Waals surface area contributed by atoms with Crippen molar-refractivity contribution in [3.05, 3.63) is 29.8 Å². The lowest BCUT2D eigenvalue weighted by Crippen LogP contribution is -2.25. The molecule has 3 nitrogen and oxygen atoms in total. The lowest BCUT2D eigenvalue weighted by Gasteiger charge is -2.09.